The van der Waals surface area contributed by atoms with Crippen LogP contribution in [0.2, 0.25) is 0 Å². The van der Waals surface area contributed by atoms with Crippen molar-refractivity contribution in [3.05, 3.63) is 0 Å². The van der Waals surface area contributed by atoms with Crippen LogP contribution in [0.1, 0.15) is 34.1 Å². The summed E-state index contributed by atoms with van der Waals surface area (Å²) in [7, 11) is 4.47. The van der Waals surface area contributed by atoms with Crippen LogP contribution < -0.4 is 0 Å². The molecular formula is C11H24N2. The first-order chi connectivity index (χ1) is 5.81. The second-order valence-electron chi connectivity index (χ2n) is 5.70. The maximum Gasteiger partial charge on any atom is 0.0625 e. The SMILES string of the molecule is CC1CN(C)C(CC(C)(C)C)N1C. The van der Waals surface area contributed by atoms with E-state index in [9.17, 15) is 0 Å². The summed E-state index contributed by atoms with van der Waals surface area (Å²) >= 11 is 0. The molecule has 2 nitrogen and oxygen atoms in total. The summed E-state index contributed by atoms with van der Waals surface area (Å²) in [5.74, 6) is 0. The quantitative estimate of drug-likeness (QED) is 0.615. The average molecular weight is 184 g/mol. The minimum atomic E-state index is 0.428. The van der Waals surface area contributed by atoms with Crippen LogP contribution in [0.4, 0.5) is 0 Å². The van der Waals surface area contributed by atoms with E-state index in [-0.39, 0.29) is 0 Å². The molecule has 78 valence electrons. The van der Waals surface area contributed by atoms with Gasteiger partial charge in [-0.3, -0.25) is 9.80 Å². The summed E-state index contributed by atoms with van der Waals surface area (Å²) < 4.78 is 0. The molecule has 1 aliphatic heterocycles. The van der Waals surface area contributed by atoms with Crippen molar-refractivity contribution in [1.29, 1.82) is 0 Å². The summed E-state index contributed by atoms with van der Waals surface area (Å²) in [5.41, 5.74) is 0.428. The predicted molar refractivity (Wildman–Crippen MR) is 57.7 cm³/mol. The van der Waals surface area contributed by atoms with Crippen molar-refractivity contribution < 1.29 is 0 Å². The van der Waals surface area contributed by atoms with E-state index in [1.54, 1.807) is 0 Å². The fourth-order valence-corrected chi connectivity index (χ4v) is 2.12. The van der Waals surface area contributed by atoms with Gasteiger partial charge in [-0.15, -0.1) is 0 Å². The molecule has 0 aliphatic carbocycles. The molecule has 2 atom stereocenters. The third-order valence-electron chi connectivity index (χ3n) is 3.02. The van der Waals surface area contributed by atoms with Gasteiger partial charge in [0.1, 0.15) is 0 Å². The van der Waals surface area contributed by atoms with E-state index in [4.69, 9.17) is 0 Å². The molecule has 1 saturated heterocycles. The number of nitrogens with zero attached hydrogens (tertiary/aromatic N) is 2. The molecule has 0 aromatic heterocycles. The van der Waals surface area contributed by atoms with Gasteiger partial charge in [-0.1, -0.05) is 20.8 Å². The fraction of sp³-hybridized carbons (Fsp3) is 1.00. The molecule has 0 bridgehead atoms. The molecule has 0 N–H and O–H groups in total. The van der Waals surface area contributed by atoms with Crippen LogP contribution in [0, 0.1) is 5.41 Å². The maximum atomic E-state index is 2.49. The highest BCUT2D eigenvalue weighted by Gasteiger charge is 2.34. The molecule has 1 rings (SSSR count). The molecule has 13 heavy (non-hydrogen) atoms. The Morgan fingerprint density at radius 2 is 1.77 bits per heavy atom. The zero-order valence-corrected chi connectivity index (χ0v) is 9.96. The van der Waals surface area contributed by atoms with Gasteiger partial charge >= 0.3 is 0 Å². The lowest BCUT2D eigenvalue weighted by molar-refractivity contribution is 0.119. The van der Waals surface area contributed by atoms with Crippen molar-refractivity contribution in [2.24, 2.45) is 5.41 Å². The van der Waals surface area contributed by atoms with E-state index in [0.717, 1.165) is 0 Å². The van der Waals surface area contributed by atoms with Gasteiger partial charge < -0.3 is 0 Å². The Bertz CT molecular complexity index is 171. The van der Waals surface area contributed by atoms with Crippen LogP contribution in [-0.2, 0) is 0 Å². The third kappa shape index (κ3) is 2.68. The van der Waals surface area contributed by atoms with Crippen molar-refractivity contribution >= 4 is 0 Å². The van der Waals surface area contributed by atoms with Gasteiger partial charge in [0.2, 0.25) is 0 Å². The lowest BCUT2D eigenvalue weighted by Crippen LogP contribution is -2.38. The molecular weight excluding hydrogens is 160 g/mol. The van der Waals surface area contributed by atoms with Crippen molar-refractivity contribution in [2.75, 3.05) is 20.6 Å². The molecule has 2 heteroatoms. The molecule has 0 aromatic carbocycles. The Morgan fingerprint density at radius 1 is 1.23 bits per heavy atom. The zero-order chi connectivity index (χ0) is 10.2. The van der Waals surface area contributed by atoms with Crippen LogP contribution in [-0.4, -0.2) is 42.6 Å². The maximum absolute atomic E-state index is 2.49. The van der Waals surface area contributed by atoms with Gasteiger partial charge in [0.15, 0.2) is 0 Å². The largest absolute Gasteiger partial charge is 0.289 e. The smallest absolute Gasteiger partial charge is 0.0625 e. The summed E-state index contributed by atoms with van der Waals surface area (Å²) in [6.45, 7) is 10.5. The van der Waals surface area contributed by atoms with Crippen molar-refractivity contribution in [3.63, 3.8) is 0 Å². The van der Waals surface area contributed by atoms with Crippen LogP contribution in [0.3, 0.4) is 0 Å². The molecule has 0 radical (unpaired) electrons. The summed E-state index contributed by atoms with van der Waals surface area (Å²) in [4.78, 5) is 4.96. The van der Waals surface area contributed by atoms with Crippen molar-refractivity contribution in [3.8, 4) is 0 Å². The molecule has 1 aliphatic rings. The van der Waals surface area contributed by atoms with Crippen LogP contribution >= 0.6 is 0 Å². The van der Waals surface area contributed by atoms with Gasteiger partial charge in [0.05, 0.1) is 6.17 Å². The second kappa shape index (κ2) is 3.58. The lowest BCUT2D eigenvalue weighted by atomic mass is 9.90. The molecule has 0 spiro atoms. The molecule has 0 saturated carbocycles. The van der Waals surface area contributed by atoms with E-state index in [1.165, 1.54) is 13.0 Å². The first-order valence-electron chi connectivity index (χ1n) is 5.23. The van der Waals surface area contributed by atoms with Crippen LogP contribution in [0.15, 0.2) is 0 Å². The Hall–Kier alpha value is -0.0800. The van der Waals surface area contributed by atoms with Gasteiger partial charge in [-0.2, -0.15) is 0 Å². The summed E-state index contributed by atoms with van der Waals surface area (Å²) in [6.07, 6.45) is 1.89. The van der Waals surface area contributed by atoms with Gasteiger partial charge in [0.25, 0.3) is 0 Å². The molecule has 2 unspecified atom stereocenters. The highest BCUT2D eigenvalue weighted by molar-refractivity contribution is 4.86. The predicted octanol–water partition coefficient (Wildman–Crippen LogP) is 2.01. The Balaban J connectivity index is 2.59. The molecule has 0 aromatic rings. The minimum absolute atomic E-state index is 0.428. The van der Waals surface area contributed by atoms with E-state index < -0.39 is 0 Å². The number of hydrogen-bond acceptors (Lipinski definition) is 2. The highest BCUT2D eigenvalue weighted by atomic mass is 15.4. The number of likely N-dealkylation sites (N-methyl/N-ethyl adjacent to an activating group) is 2. The van der Waals surface area contributed by atoms with Crippen molar-refractivity contribution in [2.45, 2.75) is 46.3 Å². The molecule has 0 amide bonds. The topological polar surface area (TPSA) is 6.48 Å². The number of hydrogen-bond donors (Lipinski definition) is 0. The molecule has 1 heterocycles. The van der Waals surface area contributed by atoms with Gasteiger partial charge in [0, 0.05) is 12.6 Å². The summed E-state index contributed by atoms with van der Waals surface area (Å²) in [6, 6.07) is 0.706. The standard InChI is InChI=1S/C11H24N2/c1-9-8-12(5)10(13(9)6)7-11(2,3)4/h9-10H,7-8H2,1-6H3. The molecule has 1 fully saturated rings. The zero-order valence-electron chi connectivity index (χ0n) is 9.96. The summed E-state index contributed by atoms with van der Waals surface area (Å²) in [5, 5.41) is 0. The van der Waals surface area contributed by atoms with E-state index in [2.05, 4.69) is 51.6 Å². The van der Waals surface area contributed by atoms with E-state index in [0.29, 0.717) is 17.6 Å². The highest BCUT2D eigenvalue weighted by Crippen LogP contribution is 2.28. The first-order valence-corrected chi connectivity index (χ1v) is 5.23. The normalized spacial score (nSPS) is 32.8. The first kappa shape index (κ1) is 11.0. The average Bonchev–Trinajstić information content (AvgIpc) is 2.14. The Morgan fingerprint density at radius 3 is 2.08 bits per heavy atom. The second-order valence-corrected chi connectivity index (χ2v) is 5.70. The van der Waals surface area contributed by atoms with Gasteiger partial charge in [-0.05, 0) is 32.9 Å². The van der Waals surface area contributed by atoms with E-state index in [1.807, 2.05) is 0 Å². The van der Waals surface area contributed by atoms with Crippen LogP contribution in [0.25, 0.3) is 0 Å². The Labute approximate surface area is 82.9 Å². The third-order valence-corrected chi connectivity index (χ3v) is 3.02. The van der Waals surface area contributed by atoms with Crippen LogP contribution in [0.5, 0.6) is 0 Å². The van der Waals surface area contributed by atoms with E-state index >= 15 is 0 Å². The fourth-order valence-electron chi connectivity index (χ4n) is 2.12. The Kier molecular flexibility index (Phi) is 3.03. The monoisotopic (exact) mass is 184 g/mol. The minimum Gasteiger partial charge on any atom is -0.289 e. The number of rotatable bonds is 1. The van der Waals surface area contributed by atoms with Crippen molar-refractivity contribution in [1.82, 2.24) is 9.80 Å². The lowest BCUT2D eigenvalue weighted by Gasteiger charge is -2.32. The van der Waals surface area contributed by atoms with Gasteiger partial charge in [-0.25, -0.2) is 0 Å².